The molecule has 0 aliphatic heterocycles. The summed E-state index contributed by atoms with van der Waals surface area (Å²) in [5.74, 6) is 0.457. The fraction of sp³-hybridized carbons (Fsp3) is 0.0714. The normalized spacial score (nSPS) is 11.1. The van der Waals surface area contributed by atoms with Crippen molar-refractivity contribution >= 4 is 45.1 Å². The van der Waals surface area contributed by atoms with Gasteiger partial charge in [-0.25, -0.2) is 0 Å². The standard InChI is InChI=1S/C14H8Cl2O3/c1-18-10-6-5-7-13(17)11-8(15)3-2-4-9(11)19-14(7)12(10)16/h2-6H,1H3. The average Bonchev–Trinajstić information content (AvgIpc) is 2.40. The molecule has 0 fully saturated rings. The van der Waals surface area contributed by atoms with Crippen molar-refractivity contribution < 1.29 is 9.15 Å². The Bertz CT molecular complexity index is 853. The summed E-state index contributed by atoms with van der Waals surface area (Å²) in [5, 5.41) is 1.38. The van der Waals surface area contributed by atoms with Crippen LogP contribution in [-0.4, -0.2) is 7.11 Å². The first kappa shape index (κ1) is 12.3. The quantitative estimate of drug-likeness (QED) is 0.630. The summed E-state index contributed by atoms with van der Waals surface area (Å²) in [4.78, 5) is 12.4. The smallest absolute Gasteiger partial charge is 0.202 e. The van der Waals surface area contributed by atoms with Crippen LogP contribution in [-0.2, 0) is 0 Å². The van der Waals surface area contributed by atoms with Crippen molar-refractivity contribution in [3.05, 3.63) is 50.6 Å². The molecule has 0 aliphatic rings. The van der Waals surface area contributed by atoms with Crippen LogP contribution in [0.1, 0.15) is 0 Å². The van der Waals surface area contributed by atoms with Crippen LogP contribution in [0.15, 0.2) is 39.5 Å². The van der Waals surface area contributed by atoms with Crippen molar-refractivity contribution in [1.82, 2.24) is 0 Å². The molecule has 0 saturated heterocycles. The van der Waals surface area contributed by atoms with E-state index < -0.39 is 0 Å². The van der Waals surface area contributed by atoms with Crippen LogP contribution in [0.4, 0.5) is 0 Å². The number of hydrogen-bond donors (Lipinski definition) is 0. The van der Waals surface area contributed by atoms with E-state index in [0.717, 1.165) is 0 Å². The Balaban J connectivity index is 2.58. The summed E-state index contributed by atoms with van der Waals surface area (Å²) in [7, 11) is 1.50. The van der Waals surface area contributed by atoms with Gasteiger partial charge in [-0.3, -0.25) is 4.79 Å². The molecule has 0 spiro atoms. The lowest BCUT2D eigenvalue weighted by molar-refractivity contribution is 0.415. The molecule has 2 aromatic carbocycles. The molecule has 0 atom stereocenters. The Morgan fingerprint density at radius 2 is 1.95 bits per heavy atom. The Labute approximate surface area is 118 Å². The second-order valence-electron chi connectivity index (χ2n) is 4.00. The highest BCUT2D eigenvalue weighted by atomic mass is 35.5. The van der Waals surface area contributed by atoms with Gasteiger partial charge in [0.15, 0.2) is 5.58 Å². The zero-order chi connectivity index (χ0) is 13.6. The van der Waals surface area contributed by atoms with E-state index in [1.165, 1.54) is 7.11 Å². The third kappa shape index (κ3) is 1.78. The largest absolute Gasteiger partial charge is 0.495 e. The second-order valence-corrected chi connectivity index (χ2v) is 4.79. The molecule has 1 aromatic heterocycles. The minimum atomic E-state index is -0.202. The second kappa shape index (κ2) is 4.44. The van der Waals surface area contributed by atoms with Crippen molar-refractivity contribution in [3.8, 4) is 5.75 Å². The molecule has 0 radical (unpaired) electrons. The van der Waals surface area contributed by atoms with Crippen molar-refractivity contribution in [2.24, 2.45) is 0 Å². The molecule has 3 aromatic rings. The van der Waals surface area contributed by atoms with Gasteiger partial charge < -0.3 is 9.15 Å². The maximum absolute atomic E-state index is 12.4. The third-order valence-corrected chi connectivity index (χ3v) is 3.61. The van der Waals surface area contributed by atoms with Crippen molar-refractivity contribution in [2.75, 3.05) is 7.11 Å². The lowest BCUT2D eigenvalue weighted by Crippen LogP contribution is -2.03. The highest BCUT2D eigenvalue weighted by Gasteiger charge is 2.15. The number of rotatable bonds is 1. The maximum Gasteiger partial charge on any atom is 0.202 e. The molecule has 0 amide bonds. The minimum absolute atomic E-state index is 0.202. The highest BCUT2D eigenvalue weighted by Crippen LogP contribution is 2.34. The zero-order valence-corrected chi connectivity index (χ0v) is 11.4. The first-order valence-corrected chi connectivity index (χ1v) is 6.26. The molecular formula is C14H8Cl2O3. The van der Waals surface area contributed by atoms with Crippen molar-refractivity contribution in [1.29, 1.82) is 0 Å². The van der Waals surface area contributed by atoms with Crippen LogP contribution >= 0.6 is 23.2 Å². The number of ether oxygens (including phenoxy) is 1. The Morgan fingerprint density at radius 3 is 2.68 bits per heavy atom. The van der Waals surface area contributed by atoms with Gasteiger partial charge >= 0.3 is 0 Å². The molecule has 19 heavy (non-hydrogen) atoms. The maximum atomic E-state index is 12.4. The SMILES string of the molecule is COc1ccc2c(=O)c3c(Cl)cccc3oc2c1Cl. The van der Waals surface area contributed by atoms with Crippen LogP contribution in [0.5, 0.6) is 5.75 Å². The average molecular weight is 295 g/mol. The molecule has 0 saturated carbocycles. The molecule has 5 heteroatoms. The van der Waals surface area contributed by atoms with Gasteiger partial charge in [-0.1, -0.05) is 29.3 Å². The van der Waals surface area contributed by atoms with Gasteiger partial charge in [0, 0.05) is 0 Å². The van der Waals surface area contributed by atoms with E-state index in [9.17, 15) is 4.79 Å². The summed E-state index contributed by atoms with van der Waals surface area (Å²) in [6, 6.07) is 8.29. The van der Waals surface area contributed by atoms with Gasteiger partial charge in [0.25, 0.3) is 0 Å². The van der Waals surface area contributed by atoms with Gasteiger partial charge in [-0.2, -0.15) is 0 Å². The van der Waals surface area contributed by atoms with Crippen molar-refractivity contribution in [2.45, 2.75) is 0 Å². The molecule has 0 unspecified atom stereocenters. The first-order valence-electron chi connectivity index (χ1n) is 5.51. The number of benzene rings is 2. The van der Waals surface area contributed by atoms with Gasteiger partial charge in [-0.15, -0.1) is 0 Å². The summed E-state index contributed by atoms with van der Waals surface area (Å²) in [6.45, 7) is 0. The number of halogens is 2. The Morgan fingerprint density at radius 1 is 1.16 bits per heavy atom. The van der Waals surface area contributed by atoms with Crippen LogP contribution in [0.2, 0.25) is 10.0 Å². The fourth-order valence-corrected chi connectivity index (χ4v) is 2.56. The summed E-state index contributed by atoms with van der Waals surface area (Å²) >= 11 is 12.2. The van der Waals surface area contributed by atoms with E-state index in [0.29, 0.717) is 32.7 Å². The molecule has 0 bridgehead atoms. The molecule has 1 heterocycles. The molecule has 3 rings (SSSR count). The van der Waals surface area contributed by atoms with E-state index >= 15 is 0 Å². The summed E-state index contributed by atoms with van der Waals surface area (Å²) in [5.41, 5.74) is 0.507. The zero-order valence-electron chi connectivity index (χ0n) is 9.87. The topological polar surface area (TPSA) is 39.4 Å². The van der Waals surface area contributed by atoms with Gasteiger partial charge in [0.2, 0.25) is 5.43 Å². The highest BCUT2D eigenvalue weighted by molar-refractivity contribution is 6.37. The van der Waals surface area contributed by atoms with E-state index in [-0.39, 0.29) is 10.5 Å². The Hall–Kier alpha value is -1.71. The molecule has 0 aliphatic carbocycles. The lowest BCUT2D eigenvalue weighted by atomic mass is 10.1. The van der Waals surface area contributed by atoms with Gasteiger partial charge in [0.1, 0.15) is 16.4 Å². The number of hydrogen-bond acceptors (Lipinski definition) is 3. The van der Waals surface area contributed by atoms with Crippen molar-refractivity contribution in [3.63, 3.8) is 0 Å². The van der Waals surface area contributed by atoms with Crippen LogP contribution in [0.3, 0.4) is 0 Å². The predicted molar refractivity (Wildman–Crippen MR) is 76.6 cm³/mol. The number of methoxy groups -OCH3 is 1. The van der Waals surface area contributed by atoms with Gasteiger partial charge in [-0.05, 0) is 24.3 Å². The molecule has 96 valence electrons. The Kier molecular flexibility index (Phi) is 2.88. The molecule has 3 nitrogen and oxygen atoms in total. The molecular weight excluding hydrogens is 287 g/mol. The third-order valence-electron chi connectivity index (χ3n) is 2.94. The fourth-order valence-electron chi connectivity index (χ4n) is 2.03. The summed E-state index contributed by atoms with van der Waals surface area (Å²) < 4.78 is 10.8. The predicted octanol–water partition coefficient (Wildman–Crippen LogP) is 4.26. The number of fused-ring (bicyclic) bond motifs is 2. The van der Waals surface area contributed by atoms with Crippen LogP contribution in [0.25, 0.3) is 21.9 Å². The van der Waals surface area contributed by atoms with E-state index in [2.05, 4.69) is 0 Å². The van der Waals surface area contributed by atoms with E-state index in [1.807, 2.05) is 0 Å². The molecule has 0 N–H and O–H groups in total. The van der Waals surface area contributed by atoms with Crippen LogP contribution < -0.4 is 10.2 Å². The van der Waals surface area contributed by atoms with Crippen LogP contribution in [0, 0.1) is 0 Å². The minimum Gasteiger partial charge on any atom is -0.495 e. The summed E-state index contributed by atoms with van der Waals surface area (Å²) in [6.07, 6.45) is 0. The van der Waals surface area contributed by atoms with E-state index in [4.69, 9.17) is 32.4 Å². The monoisotopic (exact) mass is 294 g/mol. The van der Waals surface area contributed by atoms with Gasteiger partial charge in [0.05, 0.1) is 22.9 Å². The van der Waals surface area contributed by atoms with E-state index in [1.54, 1.807) is 30.3 Å². The lowest BCUT2D eigenvalue weighted by Gasteiger charge is -2.07. The first-order chi connectivity index (χ1) is 9.13.